The van der Waals surface area contributed by atoms with Crippen LogP contribution >= 0.6 is 11.6 Å². The van der Waals surface area contributed by atoms with Gasteiger partial charge >= 0.3 is 0 Å². The maximum atomic E-state index is 12.5. The van der Waals surface area contributed by atoms with Crippen LogP contribution in [0, 0.1) is 6.92 Å². The number of nitrogens with one attached hydrogen (secondary N) is 1. The SMILES string of the molecule is CCCC(=O)N1CCC(c2ncc(C(=O)Nc3ccc(Cl)cc3)c(C)n2)CC1. The van der Waals surface area contributed by atoms with Gasteiger partial charge in [-0.05, 0) is 50.5 Å². The number of benzene rings is 1. The van der Waals surface area contributed by atoms with E-state index in [-0.39, 0.29) is 17.7 Å². The number of halogens is 1. The normalized spacial score (nSPS) is 14.8. The second kappa shape index (κ2) is 9.15. The molecule has 2 heterocycles. The highest BCUT2D eigenvalue weighted by Gasteiger charge is 2.25. The van der Waals surface area contributed by atoms with Crippen LogP contribution in [0.25, 0.3) is 0 Å². The lowest BCUT2D eigenvalue weighted by Gasteiger charge is -2.31. The number of piperidine rings is 1. The zero-order chi connectivity index (χ0) is 20.1. The smallest absolute Gasteiger partial charge is 0.259 e. The predicted octanol–water partition coefficient (Wildman–Crippen LogP) is 4.20. The zero-order valence-electron chi connectivity index (χ0n) is 16.2. The molecule has 2 aromatic rings. The van der Waals surface area contributed by atoms with Crippen molar-refractivity contribution >= 4 is 29.1 Å². The van der Waals surface area contributed by atoms with Gasteiger partial charge in [0.25, 0.3) is 5.91 Å². The number of carbonyl (C=O) groups is 2. The Kier molecular flexibility index (Phi) is 6.62. The highest BCUT2D eigenvalue weighted by atomic mass is 35.5. The molecule has 1 fully saturated rings. The molecule has 1 saturated heterocycles. The number of rotatable bonds is 5. The number of aryl methyl sites for hydroxylation is 1. The maximum absolute atomic E-state index is 12.5. The van der Waals surface area contributed by atoms with Crippen molar-refractivity contribution < 1.29 is 9.59 Å². The van der Waals surface area contributed by atoms with E-state index in [0.29, 0.717) is 28.4 Å². The molecular formula is C21H25ClN4O2. The van der Waals surface area contributed by atoms with Gasteiger partial charge in [0.2, 0.25) is 5.91 Å². The van der Waals surface area contributed by atoms with Gasteiger partial charge < -0.3 is 10.2 Å². The summed E-state index contributed by atoms with van der Waals surface area (Å²) in [6.07, 6.45) is 4.78. The molecular weight excluding hydrogens is 376 g/mol. The molecule has 0 aliphatic carbocycles. The minimum absolute atomic E-state index is 0.220. The number of aromatic nitrogens is 2. The van der Waals surface area contributed by atoms with E-state index in [1.165, 1.54) is 0 Å². The number of amides is 2. The first-order valence-corrected chi connectivity index (χ1v) is 10.0. The first-order valence-electron chi connectivity index (χ1n) is 9.66. The van der Waals surface area contributed by atoms with E-state index in [9.17, 15) is 9.59 Å². The summed E-state index contributed by atoms with van der Waals surface area (Å²) in [6.45, 7) is 5.32. The van der Waals surface area contributed by atoms with E-state index in [1.807, 2.05) is 18.7 Å². The van der Waals surface area contributed by atoms with Crippen molar-refractivity contribution in [3.8, 4) is 0 Å². The molecule has 0 radical (unpaired) electrons. The van der Waals surface area contributed by atoms with Gasteiger partial charge in [0.1, 0.15) is 5.82 Å². The summed E-state index contributed by atoms with van der Waals surface area (Å²) in [4.78, 5) is 35.5. The molecule has 148 valence electrons. The molecule has 3 rings (SSSR count). The Hall–Kier alpha value is -2.47. The second-order valence-electron chi connectivity index (χ2n) is 7.09. The summed E-state index contributed by atoms with van der Waals surface area (Å²) >= 11 is 5.87. The van der Waals surface area contributed by atoms with Crippen LogP contribution in [0.15, 0.2) is 30.5 Å². The Morgan fingerprint density at radius 1 is 1.21 bits per heavy atom. The minimum atomic E-state index is -0.244. The van der Waals surface area contributed by atoms with E-state index in [1.54, 1.807) is 30.5 Å². The Labute approximate surface area is 170 Å². The molecule has 6 nitrogen and oxygen atoms in total. The Morgan fingerprint density at radius 3 is 2.50 bits per heavy atom. The summed E-state index contributed by atoms with van der Waals surface area (Å²) in [5, 5.41) is 3.45. The summed E-state index contributed by atoms with van der Waals surface area (Å²) in [5.74, 6) is 0.958. The standard InChI is InChI=1S/C21H25ClN4O2/c1-3-4-19(27)26-11-9-15(10-12-26)20-23-13-18(14(2)24-20)21(28)25-17-7-5-16(22)6-8-17/h5-8,13,15H,3-4,9-12H2,1-2H3,(H,25,28). The van der Waals surface area contributed by atoms with Crippen molar-refractivity contribution in [3.63, 3.8) is 0 Å². The van der Waals surface area contributed by atoms with Gasteiger partial charge in [0.15, 0.2) is 0 Å². The Bertz CT molecular complexity index is 846. The van der Waals surface area contributed by atoms with Crippen LogP contribution < -0.4 is 5.32 Å². The molecule has 0 unspecified atom stereocenters. The average molecular weight is 401 g/mol. The highest BCUT2D eigenvalue weighted by Crippen LogP contribution is 2.26. The third kappa shape index (κ3) is 4.87. The molecule has 0 bridgehead atoms. The van der Waals surface area contributed by atoms with Crippen molar-refractivity contribution in [2.45, 2.75) is 45.4 Å². The van der Waals surface area contributed by atoms with Crippen LogP contribution in [0.1, 0.15) is 60.4 Å². The lowest BCUT2D eigenvalue weighted by atomic mass is 9.95. The number of nitrogens with zero attached hydrogens (tertiary/aromatic N) is 3. The summed E-state index contributed by atoms with van der Waals surface area (Å²) in [5.41, 5.74) is 1.78. The molecule has 1 aliphatic heterocycles. The van der Waals surface area contributed by atoms with E-state index in [0.717, 1.165) is 38.2 Å². The zero-order valence-corrected chi connectivity index (χ0v) is 17.0. The van der Waals surface area contributed by atoms with Gasteiger partial charge in [-0.2, -0.15) is 0 Å². The van der Waals surface area contributed by atoms with Gasteiger partial charge in [-0.15, -0.1) is 0 Å². The number of carbonyl (C=O) groups excluding carboxylic acids is 2. The van der Waals surface area contributed by atoms with Crippen LogP contribution in [0.2, 0.25) is 5.02 Å². The van der Waals surface area contributed by atoms with Crippen LogP contribution in [-0.2, 0) is 4.79 Å². The molecule has 1 aromatic carbocycles. The summed E-state index contributed by atoms with van der Waals surface area (Å²) in [6, 6.07) is 6.94. The van der Waals surface area contributed by atoms with Gasteiger partial charge in [0, 0.05) is 42.3 Å². The van der Waals surface area contributed by atoms with Crippen molar-refractivity contribution in [3.05, 3.63) is 52.6 Å². The van der Waals surface area contributed by atoms with Crippen molar-refractivity contribution in [2.24, 2.45) is 0 Å². The van der Waals surface area contributed by atoms with Crippen LogP contribution in [-0.4, -0.2) is 39.8 Å². The topological polar surface area (TPSA) is 75.2 Å². The first-order chi connectivity index (χ1) is 13.5. The van der Waals surface area contributed by atoms with Gasteiger partial charge in [-0.25, -0.2) is 9.97 Å². The summed E-state index contributed by atoms with van der Waals surface area (Å²) in [7, 11) is 0. The number of hydrogen-bond donors (Lipinski definition) is 1. The molecule has 1 N–H and O–H groups in total. The molecule has 1 aliphatic rings. The predicted molar refractivity (Wildman–Crippen MR) is 110 cm³/mol. The van der Waals surface area contributed by atoms with E-state index in [4.69, 9.17) is 11.6 Å². The average Bonchev–Trinajstić information content (AvgIpc) is 2.70. The maximum Gasteiger partial charge on any atom is 0.259 e. The van der Waals surface area contributed by atoms with Gasteiger partial charge in [-0.3, -0.25) is 9.59 Å². The minimum Gasteiger partial charge on any atom is -0.343 e. The van der Waals surface area contributed by atoms with Crippen LogP contribution in [0.4, 0.5) is 5.69 Å². The third-order valence-electron chi connectivity index (χ3n) is 5.02. The van der Waals surface area contributed by atoms with E-state index < -0.39 is 0 Å². The second-order valence-corrected chi connectivity index (χ2v) is 7.53. The Balaban J connectivity index is 1.63. The fourth-order valence-electron chi connectivity index (χ4n) is 3.40. The highest BCUT2D eigenvalue weighted by molar-refractivity contribution is 6.30. The van der Waals surface area contributed by atoms with E-state index in [2.05, 4.69) is 15.3 Å². The molecule has 1 aromatic heterocycles. The molecule has 0 atom stereocenters. The third-order valence-corrected chi connectivity index (χ3v) is 5.27. The van der Waals surface area contributed by atoms with Crippen molar-refractivity contribution in [1.29, 1.82) is 0 Å². The quantitative estimate of drug-likeness (QED) is 0.816. The van der Waals surface area contributed by atoms with Crippen LogP contribution in [0.3, 0.4) is 0 Å². The van der Waals surface area contributed by atoms with Gasteiger partial charge in [0.05, 0.1) is 11.3 Å². The largest absolute Gasteiger partial charge is 0.343 e. The monoisotopic (exact) mass is 400 g/mol. The first kappa shape index (κ1) is 20.3. The number of anilines is 1. The molecule has 0 spiro atoms. The summed E-state index contributed by atoms with van der Waals surface area (Å²) < 4.78 is 0. The number of hydrogen-bond acceptors (Lipinski definition) is 4. The lowest BCUT2D eigenvalue weighted by Crippen LogP contribution is -2.38. The fraction of sp³-hybridized carbons (Fsp3) is 0.429. The number of likely N-dealkylation sites (tertiary alicyclic amines) is 1. The van der Waals surface area contributed by atoms with Gasteiger partial charge in [-0.1, -0.05) is 18.5 Å². The Morgan fingerprint density at radius 2 is 1.89 bits per heavy atom. The molecule has 28 heavy (non-hydrogen) atoms. The van der Waals surface area contributed by atoms with Crippen molar-refractivity contribution in [2.75, 3.05) is 18.4 Å². The molecule has 2 amide bonds. The van der Waals surface area contributed by atoms with Crippen molar-refractivity contribution in [1.82, 2.24) is 14.9 Å². The molecule has 0 saturated carbocycles. The fourth-order valence-corrected chi connectivity index (χ4v) is 3.52. The van der Waals surface area contributed by atoms with Crippen LogP contribution in [0.5, 0.6) is 0 Å². The molecule has 7 heteroatoms. The van der Waals surface area contributed by atoms with E-state index >= 15 is 0 Å². The lowest BCUT2D eigenvalue weighted by molar-refractivity contribution is -0.132.